The number of aromatic nitrogens is 4. The van der Waals surface area contributed by atoms with Crippen molar-refractivity contribution < 1.29 is 13.9 Å². The lowest BCUT2D eigenvalue weighted by Crippen LogP contribution is -2.41. The number of fused-ring (bicyclic) bond motifs is 1. The first kappa shape index (κ1) is 22.2. The highest BCUT2D eigenvalue weighted by Crippen LogP contribution is 2.16. The van der Waals surface area contributed by atoms with E-state index in [0.717, 1.165) is 5.56 Å². The summed E-state index contributed by atoms with van der Waals surface area (Å²) in [7, 11) is 1.32. The molecule has 0 amide bonds. The van der Waals surface area contributed by atoms with Crippen LogP contribution in [0, 0.1) is 11.7 Å². The number of esters is 1. The summed E-state index contributed by atoms with van der Waals surface area (Å²) in [4.78, 5) is 42.6. The molecule has 0 bridgehead atoms. The third-order valence-corrected chi connectivity index (χ3v) is 5.26. The van der Waals surface area contributed by atoms with Crippen molar-refractivity contribution in [2.24, 2.45) is 5.92 Å². The zero-order chi connectivity index (χ0) is 23.7. The molecule has 0 unspecified atom stereocenters. The zero-order valence-corrected chi connectivity index (χ0v) is 18.5. The molecule has 0 spiro atoms. The van der Waals surface area contributed by atoms with Crippen molar-refractivity contribution in [3.05, 3.63) is 92.6 Å². The number of ether oxygens (including phenoxy) is 1. The fourth-order valence-corrected chi connectivity index (χ4v) is 3.71. The number of carbonyl (C=O) groups is 1. The topological polar surface area (TPSA) is 88.1 Å². The minimum Gasteiger partial charge on any atom is -0.465 e. The lowest BCUT2D eigenvalue weighted by Gasteiger charge is -2.14. The molecular weight excluding hydrogens is 427 g/mol. The van der Waals surface area contributed by atoms with Gasteiger partial charge in [0.1, 0.15) is 5.82 Å². The summed E-state index contributed by atoms with van der Waals surface area (Å²) >= 11 is 0. The van der Waals surface area contributed by atoms with E-state index in [1.807, 2.05) is 13.8 Å². The Labute approximate surface area is 188 Å². The van der Waals surface area contributed by atoms with E-state index in [2.05, 4.69) is 4.98 Å². The summed E-state index contributed by atoms with van der Waals surface area (Å²) in [6.07, 6.45) is 1.50. The van der Waals surface area contributed by atoms with E-state index in [-0.39, 0.29) is 23.6 Å². The van der Waals surface area contributed by atoms with Crippen LogP contribution in [0.5, 0.6) is 0 Å². The minimum atomic E-state index is -0.527. The first-order valence-corrected chi connectivity index (χ1v) is 10.4. The van der Waals surface area contributed by atoms with Crippen molar-refractivity contribution in [3.8, 4) is 5.69 Å². The Morgan fingerprint density at radius 3 is 2.33 bits per heavy atom. The van der Waals surface area contributed by atoms with Crippen LogP contribution in [0.15, 0.2) is 64.4 Å². The molecule has 8 nitrogen and oxygen atoms in total. The molecule has 0 N–H and O–H groups in total. The number of hydrogen-bond donors (Lipinski definition) is 0. The highest BCUT2D eigenvalue weighted by molar-refractivity contribution is 5.89. The third-order valence-electron chi connectivity index (χ3n) is 5.26. The van der Waals surface area contributed by atoms with Gasteiger partial charge < -0.3 is 9.30 Å². The van der Waals surface area contributed by atoms with Crippen LogP contribution >= 0.6 is 0 Å². The summed E-state index contributed by atoms with van der Waals surface area (Å²) < 4.78 is 22.4. The summed E-state index contributed by atoms with van der Waals surface area (Å²) in [6, 6.07) is 12.3. The Balaban J connectivity index is 1.88. The van der Waals surface area contributed by atoms with Gasteiger partial charge in [0.05, 0.1) is 24.7 Å². The number of benzene rings is 2. The lowest BCUT2D eigenvalue weighted by atomic mass is 10.1. The molecule has 2 aromatic heterocycles. The summed E-state index contributed by atoms with van der Waals surface area (Å²) in [5.74, 6) is -0.814. The molecule has 0 atom stereocenters. The second-order valence-corrected chi connectivity index (χ2v) is 8.14. The number of hydrogen-bond acceptors (Lipinski definition) is 5. The normalized spacial score (nSPS) is 11.3. The second-order valence-electron chi connectivity index (χ2n) is 8.14. The number of rotatable bonds is 6. The van der Waals surface area contributed by atoms with Crippen molar-refractivity contribution in [2.75, 3.05) is 7.11 Å². The largest absolute Gasteiger partial charge is 0.465 e. The minimum absolute atomic E-state index is 0.0526. The molecule has 0 fully saturated rings. The molecule has 170 valence electrons. The maximum absolute atomic E-state index is 13.5. The molecule has 9 heteroatoms. The molecule has 0 aliphatic heterocycles. The Bertz CT molecular complexity index is 1430. The van der Waals surface area contributed by atoms with Gasteiger partial charge in [-0.05, 0) is 47.9 Å². The number of methoxy groups -OCH3 is 1. The number of halogens is 1. The number of carbonyl (C=O) groups excluding carboxylic acids is 1. The molecule has 33 heavy (non-hydrogen) atoms. The molecule has 2 heterocycles. The van der Waals surface area contributed by atoms with E-state index >= 15 is 0 Å². The SMILES string of the molecule is COC(=O)c1ccc(Cn2cnc3c2c(=O)n(CC(C)C)c(=O)n3-c2ccc(F)cc2)cc1. The highest BCUT2D eigenvalue weighted by Gasteiger charge is 2.20. The molecule has 0 aliphatic carbocycles. The molecule has 0 radical (unpaired) electrons. The van der Waals surface area contributed by atoms with Crippen LogP contribution in [0.3, 0.4) is 0 Å². The maximum atomic E-state index is 13.5. The van der Waals surface area contributed by atoms with Crippen molar-refractivity contribution in [1.82, 2.24) is 18.7 Å². The molecular formula is C24H23FN4O4. The zero-order valence-electron chi connectivity index (χ0n) is 18.5. The van der Waals surface area contributed by atoms with Gasteiger partial charge in [-0.2, -0.15) is 0 Å². The van der Waals surface area contributed by atoms with Crippen molar-refractivity contribution in [2.45, 2.75) is 26.9 Å². The average Bonchev–Trinajstić information content (AvgIpc) is 3.21. The summed E-state index contributed by atoms with van der Waals surface area (Å²) in [5, 5.41) is 0. The smallest absolute Gasteiger partial charge is 0.337 e. The van der Waals surface area contributed by atoms with Crippen LogP contribution in [0.25, 0.3) is 16.9 Å². The van der Waals surface area contributed by atoms with E-state index in [1.54, 1.807) is 28.8 Å². The van der Waals surface area contributed by atoms with Crippen molar-refractivity contribution in [1.29, 1.82) is 0 Å². The Kier molecular flexibility index (Phi) is 5.95. The van der Waals surface area contributed by atoms with Gasteiger partial charge >= 0.3 is 11.7 Å². The second kappa shape index (κ2) is 8.85. The monoisotopic (exact) mass is 450 g/mol. The lowest BCUT2D eigenvalue weighted by molar-refractivity contribution is 0.0600. The van der Waals surface area contributed by atoms with Gasteiger partial charge in [-0.3, -0.25) is 9.36 Å². The van der Waals surface area contributed by atoms with Crippen molar-refractivity contribution >= 4 is 17.1 Å². The molecule has 0 saturated carbocycles. The first-order chi connectivity index (χ1) is 15.8. The third kappa shape index (κ3) is 4.21. The van der Waals surface area contributed by atoms with Crippen LogP contribution in [0.2, 0.25) is 0 Å². The predicted octanol–water partition coefficient (Wildman–Crippen LogP) is 2.98. The molecule has 0 aliphatic rings. The van der Waals surface area contributed by atoms with Gasteiger partial charge in [0.25, 0.3) is 5.56 Å². The Morgan fingerprint density at radius 1 is 1.06 bits per heavy atom. The van der Waals surface area contributed by atoms with Gasteiger partial charge in [0.15, 0.2) is 11.2 Å². The quantitative estimate of drug-likeness (QED) is 0.422. The van der Waals surface area contributed by atoms with E-state index in [0.29, 0.717) is 17.8 Å². The Morgan fingerprint density at radius 2 is 1.73 bits per heavy atom. The molecule has 2 aromatic carbocycles. The first-order valence-electron chi connectivity index (χ1n) is 10.4. The maximum Gasteiger partial charge on any atom is 0.337 e. The van der Waals surface area contributed by atoms with Crippen LogP contribution in [0.4, 0.5) is 4.39 Å². The standard InChI is InChI=1S/C24H23FN4O4/c1-15(2)12-28-22(30)20-21(29(24(28)32)19-10-8-18(25)9-11-19)26-14-27(20)13-16-4-6-17(7-5-16)23(31)33-3/h4-11,14-15H,12-13H2,1-3H3. The average molecular weight is 450 g/mol. The van der Waals surface area contributed by atoms with E-state index in [9.17, 15) is 18.8 Å². The number of nitrogens with zero attached hydrogens (tertiary/aromatic N) is 4. The van der Waals surface area contributed by atoms with E-state index in [1.165, 1.54) is 46.8 Å². The van der Waals surface area contributed by atoms with E-state index < -0.39 is 23.0 Å². The summed E-state index contributed by atoms with van der Waals surface area (Å²) in [5.41, 5.74) is 1.15. The van der Waals surface area contributed by atoms with E-state index in [4.69, 9.17) is 4.74 Å². The molecule has 4 rings (SSSR count). The van der Waals surface area contributed by atoms with Gasteiger partial charge in [0, 0.05) is 13.1 Å². The highest BCUT2D eigenvalue weighted by atomic mass is 19.1. The van der Waals surface area contributed by atoms with Crippen LogP contribution in [-0.4, -0.2) is 31.8 Å². The van der Waals surface area contributed by atoms with Gasteiger partial charge in [-0.1, -0.05) is 26.0 Å². The van der Waals surface area contributed by atoms with Crippen LogP contribution in [0.1, 0.15) is 29.8 Å². The van der Waals surface area contributed by atoms with Gasteiger partial charge in [-0.25, -0.2) is 23.5 Å². The fraction of sp³-hybridized carbons (Fsp3) is 0.250. The predicted molar refractivity (Wildman–Crippen MR) is 121 cm³/mol. The van der Waals surface area contributed by atoms with Crippen LogP contribution < -0.4 is 11.2 Å². The van der Waals surface area contributed by atoms with Gasteiger partial charge in [-0.15, -0.1) is 0 Å². The van der Waals surface area contributed by atoms with Crippen LogP contribution in [-0.2, 0) is 17.8 Å². The fourth-order valence-electron chi connectivity index (χ4n) is 3.71. The summed E-state index contributed by atoms with van der Waals surface area (Å²) in [6.45, 7) is 4.36. The molecule has 4 aromatic rings. The number of imidazole rings is 1. The molecule has 0 saturated heterocycles. The van der Waals surface area contributed by atoms with Gasteiger partial charge in [0.2, 0.25) is 0 Å². The van der Waals surface area contributed by atoms with Crippen molar-refractivity contribution in [3.63, 3.8) is 0 Å². The Hall–Kier alpha value is -4.01.